The van der Waals surface area contributed by atoms with Gasteiger partial charge in [-0.15, -0.1) is 0 Å². The number of rotatable bonds is 18. The second-order valence-electron chi connectivity index (χ2n) is 15.4. The van der Waals surface area contributed by atoms with Crippen molar-refractivity contribution in [3.8, 4) is 40.2 Å². The molecule has 2 N–H and O–H groups in total. The molecule has 6 aromatic rings. The van der Waals surface area contributed by atoms with Crippen LogP contribution in [0.25, 0.3) is 11.1 Å². The van der Waals surface area contributed by atoms with Crippen LogP contribution in [0, 0.1) is 25.2 Å². The van der Waals surface area contributed by atoms with Crippen LogP contribution in [0.15, 0.2) is 103 Å². The molecule has 15 heteroatoms. The molecule has 1 saturated heterocycles. The maximum Gasteiger partial charge on any atom is 0.323 e. The zero-order valence-electron chi connectivity index (χ0n) is 36.1. The van der Waals surface area contributed by atoms with E-state index in [1.54, 1.807) is 62.2 Å². The van der Waals surface area contributed by atoms with Crippen molar-refractivity contribution >= 4 is 35.4 Å². The fraction of sp³-hybridized carbons (Fsp3) is 0.260. The Bertz CT molecular complexity index is 2740. The summed E-state index contributed by atoms with van der Waals surface area (Å²) in [7, 11) is 1.70. The van der Waals surface area contributed by atoms with Crippen molar-refractivity contribution < 1.29 is 38.7 Å². The summed E-state index contributed by atoms with van der Waals surface area (Å²) in [4.78, 5) is 26.3. The van der Waals surface area contributed by atoms with E-state index < -0.39 is 12.0 Å². The number of carboxylic acids is 1. The fourth-order valence-electron chi connectivity index (χ4n) is 7.49. The van der Waals surface area contributed by atoms with Crippen molar-refractivity contribution in [2.75, 3.05) is 26.8 Å². The molecule has 334 valence electrons. The molecule has 2 aromatic heterocycles. The van der Waals surface area contributed by atoms with Crippen molar-refractivity contribution in [1.29, 1.82) is 5.26 Å². The number of morpholine rings is 1. The third-order valence-corrected chi connectivity index (χ3v) is 11.6. The van der Waals surface area contributed by atoms with E-state index in [-0.39, 0.29) is 46.2 Å². The van der Waals surface area contributed by atoms with Crippen LogP contribution in [-0.2, 0) is 49.1 Å². The number of nitriles is 1. The molecule has 1 aliphatic rings. The lowest BCUT2D eigenvalue weighted by atomic mass is 9.92. The molecule has 0 saturated carbocycles. The van der Waals surface area contributed by atoms with Gasteiger partial charge in [0.05, 0.1) is 35.4 Å². The van der Waals surface area contributed by atoms with Crippen molar-refractivity contribution in [2.45, 2.75) is 59.5 Å². The standard InChI is InChI=1S/C50H47Cl2N5O8/c1-31-37(28-64-48-16-46(62-26-35-12-33(18-53)20-55-22-35)39(14-43(48)51)24-57-10-11-61-30-45(57)50(59)60)6-4-8-41(31)42-9-5-7-38(32(42)2)29-65-49-17-47(40(25-58)15-44(49)52)63-27-36-13-34(19-54-3)21-56-23-36/h4-9,12-17,19-23,45,58H,10-11,24-30H2,1-3H3,(H,59,60)/b54-19+/t45-/m1/s1. The molecule has 4 aromatic carbocycles. The minimum absolute atomic E-state index is 0.0702. The highest BCUT2D eigenvalue weighted by atomic mass is 35.5. The molecule has 1 fully saturated rings. The summed E-state index contributed by atoms with van der Waals surface area (Å²) in [6.45, 7) is 5.72. The van der Waals surface area contributed by atoms with Crippen molar-refractivity contribution in [3.63, 3.8) is 0 Å². The number of ether oxygens (including phenoxy) is 5. The molecule has 13 nitrogen and oxygen atoms in total. The van der Waals surface area contributed by atoms with E-state index in [1.165, 1.54) is 6.20 Å². The van der Waals surface area contributed by atoms with Crippen LogP contribution in [0.5, 0.6) is 23.0 Å². The Morgan fingerprint density at radius 3 is 1.95 bits per heavy atom. The number of carboxylic acid groups (broad SMARTS) is 1. The number of carbonyl (C=O) groups is 1. The SMILES string of the molecule is C/N=C/c1cncc(COc2cc(OCc3cccc(-c4cccc(COc5cc(OCc6cncc(C#N)c6)c(CN6CCOC[C@@H]6C(=O)O)cc5Cl)c4C)c3C)c(Cl)cc2CO)c1. The number of benzene rings is 4. The molecule has 0 unspecified atom stereocenters. The van der Waals surface area contributed by atoms with Gasteiger partial charge in [-0.3, -0.25) is 24.7 Å². The number of hydrogen-bond acceptors (Lipinski definition) is 12. The van der Waals surface area contributed by atoms with Gasteiger partial charge in [-0.25, -0.2) is 0 Å². The van der Waals surface area contributed by atoms with Crippen LogP contribution >= 0.6 is 23.2 Å². The minimum atomic E-state index is -0.976. The Kier molecular flexibility index (Phi) is 15.7. The Labute approximate surface area is 387 Å². The van der Waals surface area contributed by atoms with Crippen LogP contribution in [0.2, 0.25) is 10.0 Å². The van der Waals surface area contributed by atoms with E-state index in [1.807, 2.05) is 42.2 Å². The van der Waals surface area contributed by atoms with Crippen LogP contribution in [0.4, 0.5) is 0 Å². The summed E-state index contributed by atoms with van der Waals surface area (Å²) in [6, 6.07) is 23.9. The number of aromatic nitrogens is 2. The summed E-state index contributed by atoms with van der Waals surface area (Å²) in [5.74, 6) is 0.734. The van der Waals surface area contributed by atoms with Gasteiger partial charge in [0, 0.05) is 91.1 Å². The summed E-state index contributed by atoms with van der Waals surface area (Å²) in [6.07, 6.45) is 8.25. The molecule has 3 heterocycles. The molecular weight excluding hydrogens is 869 g/mol. The minimum Gasteiger partial charge on any atom is -0.488 e. The average molecular weight is 917 g/mol. The van der Waals surface area contributed by atoms with Gasteiger partial charge in [-0.1, -0.05) is 59.6 Å². The molecule has 0 spiro atoms. The first-order valence-electron chi connectivity index (χ1n) is 20.7. The number of aliphatic carboxylic acids is 1. The highest BCUT2D eigenvalue weighted by molar-refractivity contribution is 6.32. The molecule has 0 bridgehead atoms. The van der Waals surface area contributed by atoms with Gasteiger partial charge in [0.15, 0.2) is 0 Å². The summed E-state index contributed by atoms with van der Waals surface area (Å²) >= 11 is 13.5. The van der Waals surface area contributed by atoms with Gasteiger partial charge in [-0.05, 0) is 71.5 Å². The van der Waals surface area contributed by atoms with Crippen LogP contribution in [-0.4, -0.2) is 70.1 Å². The topological polar surface area (TPSA) is 169 Å². The van der Waals surface area contributed by atoms with Gasteiger partial charge >= 0.3 is 5.97 Å². The molecule has 1 aliphatic heterocycles. The number of aliphatic imine (C=N–C) groups is 1. The lowest BCUT2D eigenvalue weighted by Crippen LogP contribution is -2.49. The largest absolute Gasteiger partial charge is 0.488 e. The van der Waals surface area contributed by atoms with E-state index in [0.717, 1.165) is 44.5 Å². The number of aliphatic hydroxyl groups excluding tert-OH is 1. The Balaban J connectivity index is 1.08. The second-order valence-corrected chi connectivity index (χ2v) is 16.2. The zero-order chi connectivity index (χ0) is 45.9. The summed E-state index contributed by atoms with van der Waals surface area (Å²) < 4.78 is 30.6. The first kappa shape index (κ1) is 46.5. The third kappa shape index (κ3) is 11.6. The van der Waals surface area contributed by atoms with Crippen LogP contribution in [0.1, 0.15) is 55.6 Å². The Hall–Kier alpha value is -6.53. The number of pyridine rings is 2. The second kappa shape index (κ2) is 21.9. The highest BCUT2D eigenvalue weighted by Gasteiger charge is 2.30. The number of nitrogens with zero attached hydrogens (tertiary/aromatic N) is 5. The normalized spacial score (nSPS) is 14.0. The van der Waals surface area contributed by atoms with Crippen molar-refractivity contribution in [3.05, 3.63) is 163 Å². The van der Waals surface area contributed by atoms with E-state index in [2.05, 4.69) is 40.1 Å². The molecule has 7 rings (SSSR count). The predicted octanol–water partition coefficient (Wildman–Crippen LogP) is 9.08. The first-order valence-corrected chi connectivity index (χ1v) is 21.5. The van der Waals surface area contributed by atoms with Gasteiger partial charge in [0.1, 0.15) is 61.5 Å². The third-order valence-electron chi connectivity index (χ3n) is 11.1. The van der Waals surface area contributed by atoms with Gasteiger partial charge < -0.3 is 33.9 Å². The number of aliphatic hydroxyl groups is 1. The smallest absolute Gasteiger partial charge is 0.323 e. The molecular formula is C50H47Cl2N5O8. The monoisotopic (exact) mass is 915 g/mol. The van der Waals surface area contributed by atoms with E-state index in [0.29, 0.717) is 68.4 Å². The predicted molar refractivity (Wildman–Crippen MR) is 247 cm³/mol. The quantitative estimate of drug-likeness (QED) is 0.0786. The average Bonchev–Trinajstić information content (AvgIpc) is 3.31. The molecule has 0 aliphatic carbocycles. The lowest BCUT2D eigenvalue weighted by molar-refractivity contribution is -0.150. The summed E-state index contributed by atoms with van der Waals surface area (Å²) in [5, 5.41) is 30.0. The Morgan fingerprint density at radius 1 is 0.800 bits per heavy atom. The zero-order valence-corrected chi connectivity index (χ0v) is 37.6. The van der Waals surface area contributed by atoms with Gasteiger partial charge in [-0.2, -0.15) is 5.26 Å². The van der Waals surface area contributed by atoms with E-state index in [4.69, 9.17) is 46.9 Å². The Morgan fingerprint density at radius 2 is 1.37 bits per heavy atom. The van der Waals surface area contributed by atoms with Crippen molar-refractivity contribution in [1.82, 2.24) is 14.9 Å². The maximum absolute atomic E-state index is 12.1. The van der Waals surface area contributed by atoms with Crippen LogP contribution < -0.4 is 18.9 Å². The fourth-order valence-corrected chi connectivity index (χ4v) is 7.97. The van der Waals surface area contributed by atoms with Gasteiger partial charge in [0.25, 0.3) is 0 Å². The first-order chi connectivity index (χ1) is 31.5. The van der Waals surface area contributed by atoms with Gasteiger partial charge in [0.2, 0.25) is 0 Å². The van der Waals surface area contributed by atoms with Crippen LogP contribution in [0.3, 0.4) is 0 Å². The molecule has 0 amide bonds. The molecule has 0 radical (unpaired) electrons. The molecule has 65 heavy (non-hydrogen) atoms. The molecule has 1 atom stereocenters. The summed E-state index contributed by atoms with van der Waals surface area (Å²) in [5.41, 5.74) is 9.97. The van der Waals surface area contributed by atoms with E-state index in [9.17, 15) is 20.3 Å². The van der Waals surface area contributed by atoms with Crippen molar-refractivity contribution in [2.24, 2.45) is 4.99 Å². The number of hydrogen-bond donors (Lipinski definition) is 2. The lowest BCUT2D eigenvalue weighted by Gasteiger charge is -2.33. The highest BCUT2D eigenvalue weighted by Crippen LogP contribution is 2.38. The van der Waals surface area contributed by atoms with E-state index >= 15 is 0 Å². The maximum atomic E-state index is 12.1. The number of halogens is 2.